The molecule has 0 radical (unpaired) electrons. The van der Waals surface area contributed by atoms with Crippen LogP contribution in [0.25, 0.3) is 0 Å². The van der Waals surface area contributed by atoms with Crippen molar-refractivity contribution in [3.8, 4) is 5.75 Å². The number of rotatable bonds is 7. The van der Waals surface area contributed by atoms with Gasteiger partial charge in [0.15, 0.2) is 0 Å². The Morgan fingerprint density at radius 1 is 1.06 bits per heavy atom. The van der Waals surface area contributed by atoms with Crippen LogP contribution in [0.4, 0.5) is 4.39 Å². The number of halogens is 1. The standard InChI is InChI=1S/C26H32FN3O3/c1-33-23-11-5-9-21(17-23)26(32)30-14-12-29(13-15-30)24(20-7-2-3-8-20)25(31)28-18-19-6-4-10-22(27)16-19/h4-6,9-11,16-17,20,24H,2-3,7-8,12-15,18H2,1H3,(H,28,31). The first kappa shape index (κ1) is 23.2. The van der Waals surface area contributed by atoms with Crippen molar-refractivity contribution in [3.05, 3.63) is 65.5 Å². The summed E-state index contributed by atoms with van der Waals surface area (Å²) in [4.78, 5) is 30.3. The summed E-state index contributed by atoms with van der Waals surface area (Å²) in [5.41, 5.74) is 1.37. The van der Waals surface area contributed by atoms with E-state index in [4.69, 9.17) is 4.74 Å². The van der Waals surface area contributed by atoms with Crippen molar-refractivity contribution in [1.29, 1.82) is 0 Å². The number of carbonyl (C=O) groups excluding carboxylic acids is 2. The molecule has 0 aromatic heterocycles. The van der Waals surface area contributed by atoms with Crippen LogP contribution < -0.4 is 10.1 Å². The molecular formula is C26H32FN3O3. The summed E-state index contributed by atoms with van der Waals surface area (Å²) in [5, 5.41) is 3.03. The van der Waals surface area contributed by atoms with Crippen LogP contribution in [0.3, 0.4) is 0 Å². The molecule has 2 fully saturated rings. The van der Waals surface area contributed by atoms with Crippen molar-refractivity contribution in [1.82, 2.24) is 15.1 Å². The Bertz CT molecular complexity index is 969. The normalized spacial score (nSPS) is 18.2. The first-order valence-electron chi connectivity index (χ1n) is 11.7. The molecule has 4 rings (SSSR count). The molecule has 1 heterocycles. The molecule has 176 valence electrons. The Kier molecular flexibility index (Phi) is 7.60. The first-order valence-corrected chi connectivity index (χ1v) is 11.7. The highest BCUT2D eigenvalue weighted by Crippen LogP contribution is 2.31. The molecule has 1 unspecified atom stereocenters. The highest BCUT2D eigenvalue weighted by molar-refractivity contribution is 5.94. The summed E-state index contributed by atoms with van der Waals surface area (Å²) in [6.45, 7) is 2.79. The van der Waals surface area contributed by atoms with Crippen LogP contribution in [0.1, 0.15) is 41.6 Å². The van der Waals surface area contributed by atoms with E-state index < -0.39 is 0 Å². The van der Waals surface area contributed by atoms with Crippen LogP contribution in [0.2, 0.25) is 0 Å². The van der Waals surface area contributed by atoms with Crippen molar-refractivity contribution in [3.63, 3.8) is 0 Å². The SMILES string of the molecule is COc1cccc(C(=O)N2CCN(C(C(=O)NCc3cccc(F)c3)C3CCCC3)CC2)c1. The van der Waals surface area contributed by atoms with Crippen LogP contribution >= 0.6 is 0 Å². The predicted molar refractivity (Wildman–Crippen MR) is 124 cm³/mol. The van der Waals surface area contributed by atoms with Crippen LogP contribution in [-0.2, 0) is 11.3 Å². The molecule has 1 saturated carbocycles. The zero-order chi connectivity index (χ0) is 23.2. The maximum Gasteiger partial charge on any atom is 0.254 e. The number of nitrogens with one attached hydrogen (secondary N) is 1. The number of piperazine rings is 1. The van der Waals surface area contributed by atoms with Crippen LogP contribution in [0.5, 0.6) is 5.75 Å². The van der Waals surface area contributed by atoms with Crippen molar-refractivity contribution in [2.45, 2.75) is 38.3 Å². The molecule has 2 aromatic carbocycles. The van der Waals surface area contributed by atoms with Gasteiger partial charge in [0, 0.05) is 38.3 Å². The van der Waals surface area contributed by atoms with Gasteiger partial charge >= 0.3 is 0 Å². The van der Waals surface area contributed by atoms with Gasteiger partial charge in [-0.25, -0.2) is 4.39 Å². The summed E-state index contributed by atoms with van der Waals surface area (Å²) in [6.07, 6.45) is 4.38. The Labute approximate surface area is 194 Å². The van der Waals surface area contributed by atoms with Gasteiger partial charge in [-0.3, -0.25) is 14.5 Å². The number of hydrogen-bond acceptors (Lipinski definition) is 4. The predicted octanol–water partition coefficient (Wildman–Crippen LogP) is 3.47. The van der Waals surface area contributed by atoms with E-state index >= 15 is 0 Å². The second kappa shape index (κ2) is 10.8. The summed E-state index contributed by atoms with van der Waals surface area (Å²) in [7, 11) is 1.59. The maximum absolute atomic E-state index is 13.5. The molecule has 2 aromatic rings. The van der Waals surface area contributed by atoms with Crippen molar-refractivity contribution in [2.75, 3.05) is 33.3 Å². The van der Waals surface area contributed by atoms with Crippen LogP contribution in [0, 0.1) is 11.7 Å². The van der Waals surface area contributed by atoms with Crippen molar-refractivity contribution < 1.29 is 18.7 Å². The lowest BCUT2D eigenvalue weighted by Crippen LogP contribution is -2.57. The lowest BCUT2D eigenvalue weighted by molar-refractivity contribution is -0.129. The summed E-state index contributed by atoms with van der Waals surface area (Å²) in [5.74, 6) is 0.667. The van der Waals surface area contributed by atoms with E-state index in [-0.39, 0.29) is 23.7 Å². The minimum Gasteiger partial charge on any atom is -0.497 e. The zero-order valence-corrected chi connectivity index (χ0v) is 19.1. The molecule has 1 N–H and O–H groups in total. The lowest BCUT2D eigenvalue weighted by Gasteiger charge is -2.40. The topological polar surface area (TPSA) is 61.9 Å². The monoisotopic (exact) mass is 453 g/mol. The third-order valence-electron chi connectivity index (χ3n) is 6.78. The van der Waals surface area contributed by atoms with E-state index in [1.165, 1.54) is 12.1 Å². The van der Waals surface area contributed by atoms with Gasteiger partial charge in [-0.1, -0.05) is 31.0 Å². The summed E-state index contributed by atoms with van der Waals surface area (Å²) in [6, 6.07) is 13.3. The number of amides is 2. The van der Waals surface area contributed by atoms with Crippen molar-refractivity contribution in [2.24, 2.45) is 5.92 Å². The van der Waals surface area contributed by atoms with Crippen LogP contribution in [-0.4, -0.2) is 60.9 Å². The minimum absolute atomic E-state index is 0.00117. The van der Waals surface area contributed by atoms with Gasteiger partial charge in [0.2, 0.25) is 5.91 Å². The average molecular weight is 454 g/mol. The Morgan fingerprint density at radius 3 is 2.48 bits per heavy atom. The third-order valence-corrected chi connectivity index (χ3v) is 6.78. The second-order valence-corrected chi connectivity index (χ2v) is 8.90. The number of methoxy groups -OCH3 is 1. The van der Waals surface area contributed by atoms with Crippen molar-refractivity contribution >= 4 is 11.8 Å². The Balaban J connectivity index is 1.39. The summed E-state index contributed by atoms with van der Waals surface area (Å²) < 4.78 is 18.7. The lowest BCUT2D eigenvalue weighted by atomic mass is 9.94. The fourth-order valence-electron chi connectivity index (χ4n) is 5.03. The fraction of sp³-hybridized carbons (Fsp3) is 0.462. The second-order valence-electron chi connectivity index (χ2n) is 8.90. The summed E-state index contributed by atoms with van der Waals surface area (Å²) >= 11 is 0. The maximum atomic E-state index is 13.5. The van der Waals surface area contributed by atoms with Gasteiger partial charge in [-0.15, -0.1) is 0 Å². The molecule has 0 spiro atoms. The Morgan fingerprint density at radius 2 is 1.79 bits per heavy atom. The van der Waals surface area contributed by atoms with E-state index in [1.807, 2.05) is 23.1 Å². The van der Waals surface area contributed by atoms with E-state index in [0.717, 1.165) is 31.2 Å². The van der Waals surface area contributed by atoms with Gasteiger partial charge in [0.25, 0.3) is 5.91 Å². The van der Waals surface area contributed by atoms with E-state index in [0.29, 0.717) is 50.0 Å². The number of ether oxygens (including phenoxy) is 1. The zero-order valence-electron chi connectivity index (χ0n) is 19.1. The molecule has 2 amide bonds. The molecule has 6 nitrogen and oxygen atoms in total. The minimum atomic E-state index is -0.300. The first-order chi connectivity index (χ1) is 16.0. The highest BCUT2D eigenvalue weighted by Gasteiger charge is 2.37. The van der Waals surface area contributed by atoms with Gasteiger partial charge in [-0.2, -0.15) is 0 Å². The van der Waals surface area contributed by atoms with E-state index in [1.54, 1.807) is 25.3 Å². The number of benzene rings is 2. The van der Waals surface area contributed by atoms with Crippen LogP contribution in [0.15, 0.2) is 48.5 Å². The number of hydrogen-bond donors (Lipinski definition) is 1. The molecule has 7 heteroatoms. The average Bonchev–Trinajstić information content (AvgIpc) is 3.37. The van der Waals surface area contributed by atoms with Gasteiger partial charge in [-0.05, 0) is 54.7 Å². The van der Waals surface area contributed by atoms with Gasteiger partial charge in [0.1, 0.15) is 11.6 Å². The molecule has 33 heavy (non-hydrogen) atoms. The van der Waals surface area contributed by atoms with E-state index in [9.17, 15) is 14.0 Å². The molecule has 1 aliphatic heterocycles. The highest BCUT2D eigenvalue weighted by atomic mass is 19.1. The van der Waals surface area contributed by atoms with E-state index in [2.05, 4.69) is 10.2 Å². The third kappa shape index (κ3) is 5.71. The fourth-order valence-corrected chi connectivity index (χ4v) is 5.03. The Hall–Kier alpha value is -2.93. The molecule has 1 saturated heterocycles. The smallest absolute Gasteiger partial charge is 0.254 e. The molecular weight excluding hydrogens is 421 g/mol. The quantitative estimate of drug-likeness (QED) is 0.698. The molecule has 0 bridgehead atoms. The molecule has 1 aliphatic carbocycles. The number of nitrogens with zero attached hydrogens (tertiary/aromatic N) is 2. The molecule has 1 atom stereocenters. The molecule has 2 aliphatic rings. The number of carbonyl (C=O) groups is 2. The van der Waals surface area contributed by atoms with Gasteiger partial charge < -0.3 is 15.0 Å². The van der Waals surface area contributed by atoms with Gasteiger partial charge in [0.05, 0.1) is 13.2 Å². The largest absolute Gasteiger partial charge is 0.497 e.